The Morgan fingerprint density at radius 3 is 2.76 bits per heavy atom. The molecule has 0 bridgehead atoms. The minimum Gasteiger partial charge on any atom is -0.486 e. The third kappa shape index (κ3) is 5.00. The Bertz CT molecular complexity index is 374. The zero-order chi connectivity index (χ0) is 12.7. The van der Waals surface area contributed by atoms with E-state index < -0.39 is 0 Å². The van der Waals surface area contributed by atoms with E-state index in [9.17, 15) is 4.39 Å². The van der Waals surface area contributed by atoms with Crippen molar-refractivity contribution in [2.24, 2.45) is 0 Å². The summed E-state index contributed by atoms with van der Waals surface area (Å²) in [6, 6.07) is 5.46. The van der Waals surface area contributed by atoms with Gasteiger partial charge in [-0.3, -0.25) is 0 Å². The first-order valence-corrected chi connectivity index (χ1v) is 5.89. The van der Waals surface area contributed by atoms with E-state index in [1.165, 1.54) is 6.07 Å². The van der Waals surface area contributed by atoms with E-state index >= 15 is 0 Å². The molecular weight excluding hydrogens is 217 g/mol. The summed E-state index contributed by atoms with van der Waals surface area (Å²) in [5.74, 6) is -0.00560. The number of halogens is 1. The van der Waals surface area contributed by atoms with Crippen LogP contribution in [0.2, 0.25) is 0 Å². The third-order valence-corrected chi connectivity index (χ3v) is 2.28. The molecule has 17 heavy (non-hydrogen) atoms. The van der Waals surface area contributed by atoms with Crippen LogP contribution < -0.4 is 10.1 Å². The van der Waals surface area contributed by atoms with Gasteiger partial charge in [0.1, 0.15) is 6.61 Å². The van der Waals surface area contributed by atoms with E-state index in [0.717, 1.165) is 5.56 Å². The molecule has 0 radical (unpaired) electrons. The lowest BCUT2D eigenvalue weighted by Crippen LogP contribution is -2.21. The van der Waals surface area contributed by atoms with Crippen molar-refractivity contribution >= 4 is 0 Å². The van der Waals surface area contributed by atoms with E-state index in [1.54, 1.807) is 6.07 Å². The second-order valence-corrected chi connectivity index (χ2v) is 4.18. The maximum absolute atomic E-state index is 13.6. The molecule has 1 N–H and O–H groups in total. The predicted molar refractivity (Wildman–Crippen MR) is 68.7 cm³/mol. The van der Waals surface area contributed by atoms with E-state index in [1.807, 2.05) is 25.1 Å². The highest BCUT2D eigenvalue weighted by Gasteiger charge is 2.04. The topological polar surface area (TPSA) is 21.3 Å². The largest absolute Gasteiger partial charge is 0.486 e. The molecule has 0 unspecified atom stereocenters. The number of hydrogen-bond donors (Lipinski definition) is 1. The molecule has 0 saturated heterocycles. The van der Waals surface area contributed by atoms with Crippen LogP contribution in [0.15, 0.2) is 30.4 Å². The molecule has 3 heteroatoms. The SMILES string of the molecule is C/C=C/COc1ccc(CNC(C)C)cc1F. The van der Waals surface area contributed by atoms with Gasteiger partial charge in [-0.2, -0.15) is 0 Å². The molecule has 1 aromatic rings. The fraction of sp³-hybridized carbons (Fsp3) is 0.429. The quantitative estimate of drug-likeness (QED) is 0.767. The van der Waals surface area contributed by atoms with Crippen LogP contribution >= 0.6 is 0 Å². The van der Waals surface area contributed by atoms with Crippen molar-refractivity contribution in [3.63, 3.8) is 0 Å². The maximum atomic E-state index is 13.6. The normalized spacial score (nSPS) is 11.4. The number of nitrogens with one attached hydrogen (secondary N) is 1. The van der Waals surface area contributed by atoms with Crippen LogP contribution in [0.1, 0.15) is 26.3 Å². The summed E-state index contributed by atoms with van der Waals surface area (Å²) in [5.41, 5.74) is 0.926. The van der Waals surface area contributed by atoms with Crippen LogP contribution in [-0.4, -0.2) is 12.6 Å². The zero-order valence-electron chi connectivity index (χ0n) is 10.7. The molecule has 0 aromatic heterocycles. The lowest BCUT2D eigenvalue weighted by molar-refractivity contribution is 0.341. The summed E-state index contributed by atoms with van der Waals surface area (Å²) in [5, 5.41) is 3.24. The van der Waals surface area contributed by atoms with Gasteiger partial charge in [0, 0.05) is 12.6 Å². The summed E-state index contributed by atoms with van der Waals surface area (Å²) in [6.07, 6.45) is 3.71. The molecule has 1 aromatic carbocycles. The highest BCUT2D eigenvalue weighted by Crippen LogP contribution is 2.18. The van der Waals surface area contributed by atoms with Gasteiger partial charge in [-0.1, -0.05) is 32.1 Å². The Balaban J connectivity index is 2.59. The lowest BCUT2D eigenvalue weighted by Gasteiger charge is -2.10. The van der Waals surface area contributed by atoms with Gasteiger partial charge in [0.25, 0.3) is 0 Å². The van der Waals surface area contributed by atoms with Gasteiger partial charge in [-0.15, -0.1) is 0 Å². The van der Waals surface area contributed by atoms with Crippen LogP contribution in [0, 0.1) is 5.82 Å². The average Bonchev–Trinajstić information content (AvgIpc) is 2.29. The Morgan fingerprint density at radius 1 is 1.41 bits per heavy atom. The molecule has 94 valence electrons. The molecule has 0 saturated carbocycles. The average molecular weight is 237 g/mol. The second kappa shape index (κ2) is 7.07. The van der Waals surface area contributed by atoms with Gasteiger partial charge in [-0.25, -0.2) is 4.39 Å². The van der Waals surface area contributed by atoms with E-state index in [0.29, 0.717) is 24.9 Å². The van der Waals surface area contributed by atoms with Gasteiger partial charge < -0.3 is 10.1 Å². The molecule has 0 spiro atoms. The zero-order valence-corrected chi connectivity index (χ0v) is 10.7. The highest BCUT2D eigenvalue weighted by atomic mass is 19.1. The summed E-state index contributed by atoms with van der Waals surface area (Å²) < 4.78 is 18.9. The molecule has 1 rings (SSSR count). The van der Waals surface area contributed by atoms with Crippen molar-refractivity contribution < 1.29 is 9.13 Å². The van der Waals surface area contributed by atoms with Crippen molar-refractivity contribution in [2.75, 3.05) is 6.61 Å². The maximum Gasteiger partial charge on any atom is 0.165 e. The fourth-order valence-corrected chi connectivity index (χ4v) is 1.33. The molecule has 0 atom stereocenters. The minimum absolute atomic E-state index is 0.302. The van der Waals surface area contributed by atoms with Crippen molar-refractivity contribution in [3.05, 3.63) is 41.7 Å². The first-order valence-electron chi connectivity index (χ1n) is 5.89. The molecule has 0 aliphatic heterocycles. The van der Waals surface area contributed by atoms with Gasteiger partial charge in [-0.05, 0) is 24.6 Å². The summed E-state index contributed by atoms with van der Waals surface area (Å²) in [4.78, 5) is 0. The molecule has 0 aliphatic carbocycles. The molecule has 0 aliphatic rings. The van der Waals surface area contributed by atoms with Crippen molar-refractivity contribution in [1.82, 2.24) is 5.32 Å². The van der Waals surface area contributed by atoms with Crippen LogP contribution in [0.4, 0.5) is 4.39 Å². The lowest BCUT2D eigenvalue weighted by atomic mass is 10.2. The minimum atomic E-state index is -0.308. The van der Waals surface area contributed by atoms with E-state index in [2.05, 4.69) is 19.2 Å². The van der Waals surface area contributed by atoms with Crippen LogP contribution in [0.25, 0.3) is 0 Å². The monoisotopic (exact) mass is 237 g/mol. The summed E-state index contributed by atoms with van der Waals surface area (Å²) in [7, 11) is 0. The Hall–Kier alpha value is -1.35. The smallest absolute Gasteiger partial charge is 0.165 e. The fourth-order valence-electron chi connectivity index (χ4n) is 1.33. The Morgan fingerprint density at radius 2 is 2.18 bits per heavy atom. The number of ether oxygens (including phenoxy) is 1. The standard InChI is InChI=1S/C14H20FNO/c1-4-5-8-17-14-7-6-12(9-13(14)15)10-16-11(2)3/h4-7,9,11,16H,8,10H2,1-3H3/b5-4+. The van der Waals surface area contributed by atoms with Crippen LogP contribution in [0.3, 0.4) is 0 Å². The number of benzene rings is 1. The van der Waals surface area contributed by atoms with E-state index in [4.69, 9.17) is 4.74 Å². The first-order chi connectivity index (χ1) is 8.13. The summed E-state index contributed by atoms with van der Waals surface area (Å²) in [6.45, 7) is 7.09. The first kappa shape index (κ1) is 13.7. The molecule has 0 fully saturated rings. The molecule has 0 amide bonds. The highest BCUT2D eigenvalue weighted by molar-refractivity contribution is 5.29. The molecule has 2 nitrogen and oxygen atoms in total. The van der Waals surface area contributed by atoms with Gasteiger partial charge in [0.2, 0.25) is 0 Å². The predicted octanol–water partition coefficient (Wildman–Crippen LogP) is 3.28. The number of hydrogen-bond acceptors (Lipinski definition) is 2. The van der Waals surface area contributed by atoms with Crippen LogP contribution in [-0.2, 0) is 6.54 Å². The van der Waals surface area contributed by atoms with Crippen LogP contribution in [0.5, 0.6) is 5.75 Å². The van der Waals surface area contributed by atoms with Gasteiger partial charge in [0.15, 0.2) is 11.6 Å². The van der Waals surface area contributed by atoms with Gasteiger partial charge >= 0.3 is 0 Å². The third-order valence-electron chi connectivity index (χ3n) is 2.28. The van der Waals surface area contributed by atoms with E-state index in [-0.39, 0.29) is 5.82 Å². The Labute approximate surface area is 102 Å². The summed E-state index contributed by atoms with van der Waals surface area (Å²) >= 11 is 0. The molecular formula is C14H20FNO. The van der Waals surface area contributed by atoms with Crippen molar-refractivity contribution in [3.8, 4) is 5.75 Å². The molecule has 0 heterocycles. The Kier molecular flexibility index (Phi) is 5.70. The van der Waals surface area contributed by atoms with Gasteiger partial charge in [0.05, 0.1) is 0 Å². The number of allylic oxidation sites excluding steroid dienone is 1. The number of rotatable bonds is 6. The van der Waals surface area contributed by atoms with Crippen molar-refractivity contribution in [2.45, 2.75) is 33.4 Å². The van der Waals surface area contributed by atoms with Crippen molar-refractivity contribution in [1.29, 1.82) is 0 Å². The second-order valence-electron chi connectivity index (χ2n) is 4.18.